The molecule has 0 saturated heterocycles. The number of oxime groups is 1. The molecule has 0 amide bonds. The van der Waals surface area contributed by atoms with Crippen molar-refractivity contribution in [1.29, 1.82) is 0 Å². The standard InChI is InChI=1S/C17H21N3O4/c1-23-15-7-6-13(12-16(15)24-14-4-2-3-5-14)20-11-10-19(17(20)21)9-8-18-22/h6-8,10-12,14,22H,2-5,9H2,1H3. The van der Waals surface area contributed by atoms with Crippen LogP contribution in [0.2, 0.25) is 0 Å². The number of methoxy groups -OCH3 is 1. The molecule has 0 aliphatic heterocycles. The first-order valence-electron chi connectivity index (χ1n) is 8.01. The van der Waals surface area contributed by atoms with Crippen LogP contribution in [-0.4, -0.2) is 33.8 Å². The molecule has 1 N–H and O–H groups in total. The predicted octanol–water partition coefficient (Wildman–Crippen LogP) is 2.43. The van der Waals surface area contributed by atoms with E-state index >= 15 is 0 Å². The van der Waals surface area contributed by atoms with Crippen LogP contribution in [-0.2, 0) is 6.54 Å². The Bertz CT molecular complexity index is 772. The largest absolute Gasteiger partial charge is 0.493 e. The van der Waals surface area contributed by atoms with Crippen molar-refractivity contribution in [3.05, 3.63) is 41.1 Å². The number of rotatable bonds is 6. The molecule has 24 heavy (non-hydrogen) atoms. The Hall–Kier alpha value is -2.70. The highest BCUT2D eigenvalue weighted by atomic mass is 16.5. The lowest BCUT2D eigenvalue weighted by Crippen LogP contribution is -2.23. The third kappa shape index (κ3) is 3.29. The smallest absolute Gasteiger partial charge is 0.333 e. The van der Waals surface area contributed by atoms with Gasteiger partial charge in [-0.25, -0.2) is 4.79 Å². The van der Waals surface area contributed by atoms with Crippen molar-refractivity contribution in [2.45, 2.75) is 38.3 Å². The number of hydrogen-bond acceptors (Lipinski definition) is 5. The molecule has 0 spiro atoms. The molecule has 3 rings (SSSR count). The van der Waals surface area contributed by atoms with E-state index in [1.54, 1.807) is 25.6 Å². The fourth-order valence-corrected chi connectivity index (χ4v) is 2.97. The lowest BCUT2D eigenvalue weighted by atomic mass is 10.2. The van der Waals surface area contributed by atoms with Crippen molar-refractivity contribution >= 4 is 6.21 Å². The summed E-state index contributed by atoms with van der Waals surface area (Å²) in [6, 6.07) is 5.44. The van der Waals surface area contributed by atoms with Crippen LogP contribution in [0.15, 0.2) is 40.5 Å². The molecular formula is C17H21N3O4. The summed E-state index contributed by atoms with van der Waals surface area (Å²) >= 11 is 0. The van der Waals surface area contributed by atoms with E-state index in [0.717, 1.165) is 12.8 Å². The van der Waals surface area contributed by atoms with Gasteiger partial charge in [0.15, 0.2) is 11.5 Å². The molecule has 1 saturated carbocycles. The van der Waals surface area contributed by atoms with Crippen molar-refractivity contribution in [2.24, 2.45) is 5.16 Å². The second kappa shape index (κ2) is 7.25. The molecule has 1 aromatic carbocycles. The van der Waals surface area contributed by atoms with Crippen LogP contribution in [0.1, 0.15) is 25.7 Å². The fourth-order valence-electron chi connectivity index (χ4n) is 2.97. The Morgan fingerprint density at radius 1 is 1.29 bits per heavy atom. The van der Waals surface area contributed by atoms with Gasteiger partial charge in [-0.15, -0.1) is 5.16 Å². The molecule has 0 radical (unpaired) electrons. The second-order valence-electron chi connectivity index (χ2n) is 5.76. The predicted molar refractivity (Wildman–Crippen MR) is 89.7 cm³/mol. The minimum absolute atomic E-state index is 0.205. The first-order chi connectivity index (χ1) is 11.7. The number of ether oxygens (including phenoxy) is 2. The van der Waals surface area contributed by atoms with Crippen LogP contribution >= 0.6 is 0 Å². The van der Waals surface area contributed by atoms with E-state index in [9.17, 15) is 4.79 Å². The Morgan fingerprint density at radius 3 is 2.79 bits per heavy atom. The van der Waals surface area contributed by atoms with Crippen molar-refractivity contribution in [1.82, 2.24) is 9.13 Å². The molecule has 0 atom stereocenters. The Labute approximate surface area is 139 Å². The molecule has 2 aromatic rings. The van der Waals surface area contributed by atoms with Gasteiger partial charge in [0, 0.05) is 18.5 Å². The van der Waals surface area contributed by atoms with E-state index in [-0.39, 0.29) is 18.3 Å². The molecule has 1 heterocycles. The molecule has 1 aliphatic carbocycles. The Kier molecular flexibility index (Phi) is 4.88. The quantitative estimate of drug-likeness (QED) is 0.501. The van der Waals surface area contributed by atoms with Crippen molar-refractivity contribution in [3.63, 3.8) is 0 Å². The number of aromatic nitrogens is 2. The van der Waals surface area contributed by atoms with Gasteiger partial charge < -0.3 is 14.7 Å². The van der Waals surface area contributed by atoms with Gasteiger partial charge in [0.25, 0.3) is 0 Å². The van der Waals surface area contributed by atoms with Crippen molar-refractivity contribution in [3.8, 4) is 17.2 Å². The van der Waals surface area contributed by atoms with Gasteiger partial charge in [-0.1, -0.05) is 0 Å². The molecule has 0 bridgehead atoms. The summed E-state index contributed by atoms with van der Waals surface area (Å²) in [6.07, 6.45) is 9.24. The summed E-state index contributed by atoms with van der Waals surface area (Å²) in [5.74, 6) is 1.31. The van der Waals surface area contributed by atoms with Crippen LogP contribution in [0.3, 0.4) is 0 Å². The lowest BCUT2D eigenvalue weighted by molar-refractivity contribution is 0.201. The molecular weight excluding hydrogens is 310 g/mol. The molecule has 7 nitrogen and oxygen atoms in total. The second-order valence-corrected chi connectivity index (χ2v) is 5.76. The zero-order valence-electron chi connectivity index (χ0n) is 13.6. The molecule has 0 unspecified atom stereocenters. The Morgan fingerprint density at radius 2 is 2.08 bits per heavy atom. The van der Waals surface area contributed by atoms with E-state index < -0.39 is 0 Å². The summed E-state index contributed by atoms with van der Waals surface area (Å²) in [6.45, 7) is 0.212. The SMILES string of the molecule is COc1ccc(-n2ccn(CC=NO)c2=O)cc1OC1CCCC1. The zero-order valence-corrected chi connectivity index (χ0v) is 13.6. The number of hydrogen-bond donors (Lipinski definition) is 1. The van der Waals surface area contributed by atoms with Crippen LogP contribution < -0.4 is 15.2 Å². The lowest BCUT2D eigenvalue weighted by Gasteiger charge is -2.17. The van der Waals surface area contributed by atoms with Gasteiger partial charge in [0.1, 0.15) is 0 Å². The highest BCUT2D eigenvalue weighted by Crippen LogP contribution is 2.33. The molecule has 1 aliphatic rings. The van der Waals surface area contributed by atoms with Crippen molar-refractivity contribution < 1.29 is 14.7 Å². The maximum Gasteiger partial charge on any atom is 0.333 e. The molecule has 128 valence electrons. The van der Waals surface area contributed by atoms with Crippen LogP contribution in [0.5, 0.6) is 11.5 Å². The topological polar surface area (TPSA) is 78.0 Å². The van der Waals surface area contributed by atoms with Crippen molar-refractivity contribution in [2.75, 3.05) is 7.11 Å². The van der Waals surface area contributed by atoms with E-state index in [2.05, 4.69) is 5.16 Å². The normalized spacial score (nSPS) is 15.2. The summed E-state index contributed by atoms with van der Waals surface area (Å²) < 4.78 is 14.4. The van der Waals surface area contributed by atoms with Gasteiger partial charge in [0.2, 0.25) is 0 Å². The highest BCUT2D eigenvalue weighted by molar-refractivity contribution is 5.56. The minimum atomic E-state index is -0.216. The van der Waals surface area contributed by atoms with Gasteiger partial charge >= 0.3 is 5.69 Å². The zero-order chi connectivity index (χ0) is 16.9. The fraction of sp³-hybridized carbons (Fsp3) is 0.412. The molecule has 7 heteroatoms. The average molecular weight is 331 g/mol. The first-order valence-corrected chi connectivity index (χ1v) is 8.01. The number of imidazole rings is 1. The third-order valence-corrected chi connectivity index (χ3v) is 4.23. The van der Waals surface area contributed by atoms with Gasteiger partial charge in [-0.3, -0.25) is 9.13 Å². The number of benzene rings is 1. The van der Waals surface area contributed by atoms with Crippen LogP contribution in [0, 0.1) is 0 Å². The van der Waals surface area contributed by atoms with E-state index in [1.165, 1.54) is 28.2 Å². The summed E-state index contributed by atoms with van der Waals surface area (Å²) in [4.78, 5) is 12.4. The van der Waals surface area contributed by atoms with E-state index in [1.807, 2.05) is 12.1 Å². The number of nitrogens with zero attached hydrogens (tertiary/aromatic N) is 3. The monoisotopic (exact) mass is 331 g/mol. The molecule has 1 aromatic heterocycles. The van der Waals surface area contributed by atoms with Gasteiger partial charge in [0.05, 0.1) is 31.7 Å². The minimum Gasteiger partial charge on any atom is -0.493 e. The Balaban J connectivity index is 1.91. The highest BCUT2D eigenvalue weighted by Gasteiger charge is 2.19. The van der Waals surface area contributed by atoms with Gasteiger partial charge in [-0.2, -0.15) is 0 Å². The van der Waals surface area contributed by atoms with Gasteiger partial charge in [-0.05, 0) is 37.8 Å². The maximum absolute atomic E-state index is 12.4. The van der Waals surface area contributed by atoms with E-state index in [0.29, 0.717) is 17.2 Å². The molecule has 1 fully saturated rings. The summed E-state index contributed by atoms with van der Waals surface area (Å²) in [5.41, 5.74) is 0.486. The average Bonchev–Trinajstić information content (AvgIpc) is 3.23. The first kappa shape index (κ1) is 16.2. The van der Waals surface area contributed by atoms with Crippen LogP contribution in [0.25, 0.3) is 5.69 Å². The summed E-state index contributed by atoms with van der Waals surface area (Å²) in [7, 11) is 1.60. The maximum atomic E-state index is 12.4. The summed E-state index contributed by atoms with van der Waals surface area (Å²) in [5, 5.41) is 11.4. The van der Waals surface area contributed by atoms with E-state index in [4.69, 9.17) is 14.7 Å². The van der Waals surface area contributed by atoms with Crippen LogP contribution in [0.4, 0.5) is 0 Å². The third-order valence-electron chi connectivity index (χ3n) is 4.23.